The van der Waals surface area contributed by atoms with E-state index in [1.54, 1.807) is 18.7 Å². The van der Waals surface area contributed by atoms with E-state index >= 15 is 0 Å². The minimum atomic E-state index is 0.0299. The molecule has 1 fully saturated rings. The monoisotopic (exact) mass is 372 g/mol. The number of hydrogen-bond donors (Lipinski definition) is 1. The highest BCUT2D eigenvalue weighted by Crippen LogP contribution is 2.29. The molecule has 1 aliphatic rings. The van der Waals surface area contributed by atoms with Crippen molar-refractivity contribution in [1.29, 1.82) is 0 Å². The van der Waals surface area contributed by atoms with E-state index in [1.807, 2.05) is 22.7 Å². The molecule has 0 spiro atoms. The van der Waals surface area contributed by atoms with Gasteiger partial charge in [-0.15, -0.1) is 22.0 Å². The normalized spacial score (nSPS) is 15.0. The maximum absolute atomic E-state index is 12.1. The molecule has 1 N–H and O–H groups in total. The zero-order valence-corrected chi connectivity index (χ0v) is 15.3. The van der Waals surface area contributed by atoms with Gasteiger partial charge in [0.25, 0.3) is 5.89 Å². The van der Waals surface area contributed by atoms with E-state index in [-0.39, 0.29) is 5.91 Å². The topological polar surface area (TPSA) is 98.2 Å². The number of aromatic nitrogens is 5. The second-order valence-corrected chi connectivity index (χ2v) is 7.66. The lowest BCUT2D eigenvalue weighted by Crippen LogP contribution is -2.26. The lowest BCUT2D eigenvalue weighted by atomic mass is 10.2. The largest absolute Gasteiger partial charge is 0.348 e. The molecule has 0 radical (unpaired) electrons. The van der Waals surface area contributed by atoms with Gasteiger partial charge in [-0.3, -0.25) is 9.20 Å². The zero-order chi connectivity index (χ0) is 17.9. The second-order valence-electron chi connectivity index (χ2n) is 6.37. The number of amides is 1. The first-order chi connectivity index (χ1) is 12.7. The van der Waals surface area contributed by atoms with Crippen LogP contribution in [-0.4, -0.2) is 41.6 Å². The van der Waals surface area contributed by atoms with Crippen molar-refractivity contribution in [2.75, 3.05) is 5.75 Å². The van der Waals surface area contributed by atoms with Crippen LogP contribution in [0, 0.1) is 6.92 Å². The third-order valence-corrected chi connectivity index (χ3v) is 5.83. The fraction of sp³-hybridized carbons (Fsp3) is 0.471. The van der Waals surface area contributed by atoms with Gasteiger partial charge in [0.2, 0.25) is 5.91 Å². The summed E-state index contributed by atoms with van der Waals surface area (Å²) in [5.74, 6) is 2.16. The molecule has 3 aromatic heterocycles. The Labute approximate surface area is 154 Å². The van der Waals surface area contributed by atoms with Crippen molar-refractivity contribution in [3.8, 4) is 11.5 Å². The van der Waals surface area contributed by atoms with Crippen molar-refractivity contribution in [1.82, 2.24) is 30.1 Å². The minimum absolute atomic E-state index is 0.0299. The van der Waals surface area contributed by atoms with Crippen molar-refractivity contribution >= 4 is 23.3 Å². The van der Waals surface area contributed by atoms with E-state index in [0.717, 1.165) is 5.56 Å². The molecular weight excluding hydrogens is 352 g/mol. The summed E-state index contributed by atoms with van der Waals surface area (Å²) in [5.41, 5.74) is 1.34. The summed E-state index contributed by atoms with van der Waals surface area (Å²) in [6.07, 6.45) is 6.88. The van der Waals surface area contributed by atoms with E-state index < -0.39 is 0 Å². The number of nitrogens with zero attached hydrogens (tertiary/aromatic N) is 5. The summed E-state index contributed by atoms with van der Waals surface area (Å²) in [7, 11) is 0. The van der Waals surface area contributed by atoms with Gasteiger partial charge in [0.15, 0.2) is 17.3 Å². The predicted octanol–water partition coefficient (Wildman–Crippen LogP) is 2.38. The van der Waals surface area contributed by atoms with Crippen molar-refractivity contribution < 1.29 is 9.32 Å². The van der Waals surface area contributed by atoms with E-state index in [1.165, 1.54) is 25.7 Å². The van der Waals surface area contributed by atoms with Crippen LogP contribution in [0.2, 0.25) is 0 Å². The fourth-order valence-electron chi connectivity index (χ4n) is 3.13. The molecule has 1 saturated carbocycles. The number of nitrogens with one attached hydrogen (secondary N) is 1. The van der Waals surface area contributed by atoms with Crippen LogP contribution in [0.15, 0.2) is 22.9 Å². The third kappa shape index (κ3) is 3.57. The van der Waals surface area contributed by atoms with Crippen LogP contribution in [0.4, 0.5) is 0 Å². The fourth-order valence-corrected chi connectivity index (χ4v) is 4.29. The van der Waals surface area contributed by atoms with Crippen molar-refractivity contribution in [3.05, 3.63) is 30.0 Å². The average molecular weight is 372 g/mol. The van der Waals surface area contributed by atoms with Crippen LogP contribution in [0.3, 0.4) is 0 Å². The van der Waals surface area contributed by atoms with Crippen LogP contribution in [0.25, 0.3) is 17.1 Å². The number of fused-ring (bicyclic) bond motifs is 1. The summed E-state index contributed by atoms with van der Waals surface area (Å²) in [6, 6.07) is 3.73. The first-order valence-corrected chi connectivity index (χ1v) is 9.77. The van der Waals surface area contributed by atoms with Crippen LogP contribution < -0.4 is 5.32 Å². The number of aryl methyl sites for hydroxylation is 1. The molecule has 136 valence electrons. The van der Waals surface area contributed by atoms with Gasteiger partial charge in [0, 0.05) is 11.4 Å². The highest BCUT2D eigenvalue weighted by molar-refractivity contribution is 8.00. The molecule has 0 aromatic carbocycles. The Hall–Kier alpha value is -2.42. The lowest BCUT2D eigenvalue weighted by molar-refractivity contribution is -0.118. The first-order valence-electron chi connectivity index (χ1n) is 8.72. The Balaban J connectivity index is 1.43. The van der Waals surface area contributed by atoms with Gasteiger partial charge in [-0.2, -0.15) is 4.98 Å². The molecule has 0 bridgehead atoms. The van der Waals surface area contributed by atoms with Gasteiger partial charge in [0.1, 0.15) is 0 Å². The maximum Gasteiger partial charge on any atom is 0.261 e. The van der Waals surface area contributed by atoms with Gasteiger partial charge in [-0.05, 0) is 31.9 Å². The Kier molecular flexibility index (Phi) is 4.87. The standard InChI is InChI=1S/C17H20N6O2S/c1-11-19-17(25-22-11)13-7-4-8-23-14(20-21-16(13)23)9-18-15(24)10-26-12-5-2-3-6-12/h4,7-8,12H,2-3,5-6,9-10H2,1H3,(H,18,24). The van der Waals surface area contributed by atoms with Crippen LogP contribution >= 0.6 is 11.8 Å². The Morgan fingerprint density at radius 1 is 1.38 bits per heavy atom. The van der Waals surface area contributed by atoms with Gasteiger partial charge in [0.05, 0.1) is 17.9 Å². The maximum atomic E-state index is 12.1. The number of carbonyl (C=O) groups is 1. The van der Waals surface area contributed by atoms with E-state index in [4.69, 9.17) is 4.52 Å². The molecule has 0 unspecified atom stereocenters. The van der Waals surface area contributed by atoms with E-state index in [9.17, 15) is 4.79 Å². The van der Waals surface area contributed by atoms with Crippen LogP contribution in [0.5, 0.6) is 0 Å². The zero-order valence-electron chi connectivity index (χ0n) is 14.5. The summed E-state index contributed by atoms with van der Waals surface area (Å²) in [6.45, 7) is 2.10. The van der Waals surface area contributed by atoms with Gasteiger partial charge < -0.3 is 9.84 Å². The quantitative estimate of drug-likeness (QED) is 0.709. The number of pyridine rings is 1. The second kappa shape index (κ2) is 7.45. The molecule has 4 rings (SSSR count). The molecule has 1 amide bonds. The Morgan fingerprint density at radius 3 is 3.00 bits per heavy atom. The molecule has 3 aromatic rings. The summed E-state index contributed by atoms with van der Waals surface area (Å²) >= 11 is 1.75. The van der Waals surface area contributed by atoms with E-state index in [0.29, 0.717) is 40.7 Å². The molecule has 0 saturated heterocycles. The van der Waals surface area contributed by atoms with E-state index in [2.05, 4.69) is 25.7 Å². The smallest absolute Gasteiger partial charge is 0.261 e. The Morgan fingerprint density at radius 2 is 2.23 bits per heavy atom. The summed E-state index contributed by atoms with van der Waals surface area (Å²) < 4.78 is 7.06. The first kappa shape index (κ1) is 17.0. The lowest BCUT2D eigenvalue weighted by Gasteiger charge is -2.08. The van der Waals surface area contributed by atoms with Crippen LogP contribution in [-0.2, 0) is 11.3 Å². The predicted molar refractivity (Wildman–Crippen MR) is 97.6 cm³/mol. The molecule has 3 heterocycles. The van der Waals surface area contributed by atoms with Gasteiger partial charge in [-0.1, -0.05) is 18.0 Å². The number of rotatable bonds is 6. The van der Waals surface area contributed by atoms with Gasteiger partial charge >= 0.3 is 0 Å². The highest BCUT2D eigenvalue weighted by atomic mass is 32.2. The molecule has 26 heavy (non-hydrogen) atoms. The Bertz CT molecular complexity index is 915. The molecular formula is C17H20N6O2S. The van der Waals surface area contributed by atoms with Crippen LogP contribution in [0.1, 0.15) is 37.3 Å². The van der Waals surface area contributed by atoms with Crippen molar-refractivity contribution in [3.63, 3.8) is 0 Å². The average Bonchev–Trinajstić information content (AvgIpc) is 3.38. The molecule has 9 heteroatoms. The number of thioether (sulfide) groups is 1. The molecule has 0 atom stereocenters. The van der Waals surface area contributed by atoms with Crippen molar-refractivity contribution in [2.24, 2.45) is 0 Å². The van der Waals surface area contributed by atoms with Gasteiger partial charge in [-0.25, -0.2) is 0 Å². The highest BCUT2D eigenvalue weighted by Gasteiger charge is 2.18. The summed E-state index contributed by atoms with van der Waals surface area (Å²) in [4.78, 5) is 16.3. The summed E-state index contributed by atoms with van der Waals surface area (Å²) in [5, 5.41) is 15.8. The minimum Gasteiger partial charge on any atom is -0.348 e. The molecule has 8 nitrogen and oxygen atoms in total. The number of hydrogen-bond acceptors (Lipinski definition) is 7. The number of carbonyl (C=O) groups excluding carboxylic acids is 1. The van der Waals surface area contributed by atoms with Crippen molar-refractivity contribution in [2.45, 2.75) is 44.4 Å². The SMILES string of the molecule is Cc1noc(-c2cccn3c(CNC(=O)CSC4CCCC4)nnc23)n1. The third-order valence-electron chi connectivity index (χ3n) is 4.46. The molecule has 0 aliphatic heterocycles. The molecule has 1 aliphatic carbocycles.